The summed E-state index contributed by atoms with van der Waals surface area (Å²) in [5.74, 6) is 0. The Morgan fingerprint density at radius 3 is 2.89 bits per heavy atom. The van der Waals surface area contributed by atoms with Crippen LogP contribution in [0.15, 0.2) is 0 Å². The second-order valence-electron chi connectivity index (χ2n) is 2.51. The average molecular weight is 130 g/mol. The number of aliphatic hydroxyl groups is 1. The number of aliphatic hydroxyl groups excluding tert-OH is 1. The van der Waals surface area contributed by atoms with Gasteiger partial charge in [-0.2, -0.15) is 0 Å². The van der Waals surface area contributed by atoms with Crippen molar-refractivity contribution >= 4 is 0 Å². The molecular weight excluding hydrogens is 116 g/mol. The van der Waals surface area contributed by atoms with Crippen LogP contribution in [0.4, 0.5) is 0 Å². The van der Waals surface area contributed by atoms with E-state index in [1.165, 1.54) is 0 Å². The fraction of sp³-hybridized carbons (Fsp3) is 1.00. The summed E-state index contributed by atoms with van der Waals surface area (Å²) in [5.41, 5.74) is 0. The third-order valence-electron chi connectivity index (χ3n) is 1.85. The molecule has 0 unspecified atom stereocenters. The maximum Gasteiger partial charge on any atom is 0.0585 e. The van der Waals surface area contributed by atoms with Crippen molar-refractivity contribution in [3.8, 4) is 0 Å². The summed E-state index contributed by atoms with van der Waals surface area (Å²) in [4.78, 5) is 0. The van der Waals surface area contributed by atoms with Crippen LogP contribution in [0.2, 0.25) is 0 Å². The quantitative estimate of drug-likeness (QED) is 0.446. The van der Waals surface area contributed by atoms with Crippen molar-refractivity contribution in [3.63, 3.8) is 0 Å². The SMILES string of the molecule is CN[C@@H]1CN[C@H](CO)C1. The Morgan fingerprint density at radius 2 is 2.56 bits per heavy atom. The van der Waals surface area contributed by atoms with Gasteiger partial charge in [-0.15, -0.1) is 0 Å². The van der Waals surface area contributed by atoms with Gasteiger partial charge in [-0.05, 0) is 13.5 Å². The number of likely N-dealkylation sites (N-methyl/N-ethyl adjacent to an activating group) is 1. The molecule has 2 atom stereocenters. The Bertz CT molecular complexity index is 77.1. The predicted octanol–water partition coefficient (Wildman–Crippen LogP) is -1.07. The highest BCUT2D eigenvalue weighted by molar-refractivity contribution is 4.84. The monoisotopic (exact) mass is 130 g/mol. The lowest BCUT2D eigenvalue weighted by atomic mass is 10.2. The standard InChI is InChI=1S/C6H14N2O/c1-7-5-2-6(4-9)8-3-5/h5-9H,2-4H2,1H3/t5-,6-/m0/s1. The number of nitrogens with one attached hydrogen (secondary N) is 2. The number of hydrogen-bond donors (Lipinski definition) is 3. The summed E-state index contributed by atoms with van der Waals surface area (Å²) >= 11 is 0. The predicted molar refractivity (Wildman–Crippen MR) is 36.3 cm³/mol. The maximum atomic E-state index is 8.69. The van der Waals surface area contributed by atoms with Crippen LogP contribution in [0.1, 0.15) is 6.42 Å². The first kappa shape index (κ1) is 6.99. The fourth-order valence-electron chi connectivity index (χ4n) is 1.18. The normalized spacial score (nSPS) is 35.3. The summed E-state index contributed by atoms with van der Waals surface area (Å²) in [6.07, 6.45) is 1.05. The van der Waals surface area contributed by atoms with Crippen molar-refractivity contribution in [3.05, 3.63) is 0 Å². The molecule has 9 heavy (non-hydrogen) atoms. The highest BCUT2D eigenvalue weighted by atomic mass is 16.3. The van der Waals surface area contributed by atoms with E-state index in [1.807, 2.05) is 7.05 Å². The Balaban J connectivity index is 2.20. The molecule has 1 heterocycles. The highest BCUT2D eigenvalue weighted by Crippen LogP contribution is 2.04. The first-order valence-corrected chi connectivity index (χ1v) is 3.38. The van der Waals surface area contributed by atoms with Crippen molar-refractivity contribution in [2.45, 2.75) is 18.5 Å². The molecule has 0 saturated carbocycles. The Morgan fingerprint density at radius 1 is 1.78 bits per heavy atom. The molecule has 1 rings (SSSR count). The van der Waals surface area contributed by atoms with Gasteiger partial charge in [0.2, 0.25) is 0 Å². The van der Waals surface area contributed by atoms with Gasteiger partial charge in [-0.3, -0.25) is 0 Å². The minimum atomic E-state index is 0.262. The average Bonchev–Trinajstić information content (AvgIpc) is 2.34. The molecule has 0 bridgehead atoms. The topological polar surface area (TPSA) is 44.3 Å². The molecule has 54 valence electrons. The van der Waals surface area contributed by atoms with Crippen molar-refractivity contribution in [2.24, 2.45) is 0 Å². The van der Waals surface area contributed by atoms with E-state index in [-0.39, 0.29) is 6.61 Å². The van der Waals surface area contributed by atoms with E-state index in [0.29, 0.717) is 12.1 Å². The number of hydrogen-bond acceptors (Lipinski definition) is 3. The first-order valence-electron chi connectivity index (χ1n) is 3.38. The van der Waals surface area contributed by atoms with Crippen molar-refractivity contribution in [2.75, 3.05) is 20.2 Å². The third kappa shape index (κ3) is 1.64. The molecule has 1 fully saturated rings. The van der Waals surface area contributed by atoms with E-state index in [9.17, 15) is 0 Å². The van der Waals surface area contributed by atoms with Crippen molar-refractivity contribution < 1.29 is 5.11 Å². The summed E-state index contributed by atoms with van der Waals surface area (Å²) in [6, 6.07) is 0.879. The zero-order valence-electron chi connectivity index (χ0n) is 5.72. The molecule has 0 aromatic carbocycles. The highest BCUT2D eigenvalue weighted by Gasteiger charge is 2.20. The van der Waals surface area contributed by atoms with E-state index in [2.05, 4.69) is 10.6 Å². The summed E-state index contributed by atoms with van der Waals surface area (Å²) in [5, 5.41) is 15.0. The summed E-state index contributed by atoms with van der Waals surface area (Å²) in [7, 11) is 1.95. The van der Waals surface area contributed by atoms with E-state index in [0.717, 1.165) is 13.0 Å². The van der Waals surface area contributed by atoms with Gasteiger partial charge in [0.25, 0.3) is 0 Å². The molecule has 1 saturated heterocycles. The van der Waals surface area contributed by atoms with Gasteiger partial charge >= 0.3 is 0 Å². The molecule has 1 aliphatic heterocycles. The third-order valence-corrected chi connectivity index (χ3v) is 1.85. The largest absolute Gasteiger partial charge is 0.395 e. The fourth-order valence-corrected chi connectivity index (χ4v) is 1.18. The Labute approximate surface area is 55.5 Å². The van der Waals surface area contributed by atoms with Crippen LogP contribution in [0.3, 0.4) is 0 Å². The van der Waals surface area contributed by atoms with Gasteiger partial charge in [0.15, 0.2) is 0 Å². The second kappa shape index (κ2) is 3.15. The smallest absolute Gasteiger partial charge is 0.0585 e. The van der Waals surface area contributed by atoms with Gasteiger partial charge in [0, 0.05) is 18.6 Å². The molecular formula is C6H14N2O. The molecule has 0 amide bonds. The molecule has 3 heteroatoms. The molecule has 0 aromatic rings. The van der Waals surface area contributed by atoms with Gasteiger partial charge in [-0.25, -0.2) is 0 Å². The molecule has 0 radical (unpaired) electrons. The lowest BCUT2D eigenvalue weighted by Crippen LogP contribution is -2.27. The zero-order valence-corrected chi connectivity index (χ0v) is 5.72. The maximum absolute atomic E-state index is 8.69. The molecule has 3 N–H and O–H groups in total. The minimum absolute atomic E-state index is 0.262. The van der Waals surface area contributed by atoms with Crippen LogP contribution in [-0.2, 0) is 0 Å². The van der Waals surface area contributed by atoms with Crippen LogP contribution < -0.4 is 10.6 Å². The van der Waals surface area contributed by atoms with E-state index in [1.54, 1.807) is 0 Å². The first-order chi connectivity index (χ1) is 4.36. The van der Waals surface area contributed by atoms with Gasteiger partial charge in [0.05, 0.1) is 6.61 Å². The van der Waals surface area contributed by atoms with Crippen LogP contribution in [0, 0.1) is 0 Å². The van der Waals surface area contributed by atoms with Crippen LogP contribution >= 0.6 is 0 Å². The van der Waals surface area contributed by atoms with Gasteiger partial charge < -0.3 is 15.7 Å². The molecule has 1 aliphatic rings. The van der Waals surface area contributed by atoms with Crippen molar-refractivity contribution in [1.82, 2.24) is 10.6 Å². The van der Waals surface area contributed by atoms with Crippen LogP contribution in [-0.4, -0.2) is 37.4 Å². The number of rotatable bonds is 2. The molecule has 0 spiro atoms. The van der Waals surface area contributed by atoms with E-state index >= 15 is 0 Å². The molecule has 0 aliphatic carbocycles. The summed E-state index contributed by atoms with van der Waals surface area (Å²) in [6.45, 7) is 1.25. The van der Waals surface area contributed by atoms with E-state index < -0.39 is 0 Å². The minimum Gasteiger partial charge on any atom is -0.395 e. The van der Waals surface area contributed by atoms with Crippen molar-refractivity contribution in [1.29, 1.82) is 0 Å². The Kier molecular flexibility index (Phi) is 2.45. The molecule has 0 aromatic heterocycles. The van der Waals surface area contributed by atoms with Crippen LogP contribution in [0.5, 0.6) is 0 Å². The lowest BCUT2D eigenvalue weighted by Gasteiger charge is -2.05. The van der Waals surface area contributed by atoms with Crippen LogP contribution in [0.25, 0.3) is 0 Å². The zero-order chi connectivity index (χ0) is 6.69. The Hall–Kier alpha value is -0.120. The second-order valence-corrected chi connectivity index (χ2v) is 2.51. The van der Waals surface area contributed by atoms with Gasteiger partial charge in [-0.1, -0.05) is 0 Å². The van der Waals surface area contributed by atoms with Gasteiger partial charge in [0.1, 0.15) is 0 Å². The summed E-state index contributed by atoms with van der Waals surface area (Å²) < 4.78 is 0. The molecule has 3 nitrogen and oxygen atoms in total. The van der Waals surface area contributed by atoms with E-state index in [4.69, 9.17) is 5.11 Å². The lowest BCUT2D eigenvalue weighted by molar-refractivity contribution is 0.254.